The van der Waals surface area contributed by atoms with E-state index in [0.717, 1.165) is 13.0 Å². The maximum atomic E-state index is 6.21. The zero-order valence-electron chi connectivity index (χ0n) is 12.1. The molecule has 2 atom stereocenters. The van der Waals surface area contributed by atoms with Gasteiger partial charge < -0.3 is 10.5 Å². The molecule has 0 aliphatic heterocycles. The lowest BCUT2D eigenvalue weighted by molar-refractivity contribution is 0.0121. The Hall–Kier alpha value is -0.380. The predicted octanol–water partition coefficient (Wildman–Crippen LogP) is 4.29. The van der Waals surface area contributed by atoms with Crippen LogP contribution in [0.25, 0.3) is 0 Å². The van der Waals surface area contributed by atoms with Crippen molar-refractivity contribution in [3.63, 3.8) is 0 Å². The first kappa shape index (κ1) is 15.7. The first-order chi connectivity index (χ1) is 8.62. The predicted molar refractivity (Wildman–Crippen MR) is 80.1 cm³/mol. The van der Waals surface area contributed by atoms with Crippen molar-refractivity contribution >= 4 is 11.3 Å². The van der Waals surface area contributed by atoms with E-state index < -0.39 is 0 Å². The molecule has 0 saturated carbocycles. The SMILES string of the molecule is CCC(CC)COC(c1ccc(C)s1)C(N)CC. The summed E-state index contributed by atoms with van der Waals surface area (Å²) in [5.41, 5.74) is 6.21. The van der Waals surface area contributed by atoms with Crippen LogP contribution in [0.4, 0.5) is 0 Å². The van der Waals surface area contributed by atoms with Crippen LogP contribution < -0.4 is 5.73 Å². The lowest BCUT2D eigenvalue weighted by Crippen LogP contribution is -2.30. The molecular weight excluding hydrogens is 242 g/mol. The van der Waals surface area contributed by atoms with Gasteiger partial charge in [-0.05, 0) is 31.4 Å². The number of hydrogen-bond acceptors (Lipinski definition) is 3. The lowest BCUT2D eigenvalue weighted by atomic mass is 10.0. The van der Waals surface area contributed by atoms with Crippen molar-refractivity contribution in [1.82, 2.24) is 0 Å². The Labute approximate surface area is 116 Å². The first-order valence-corrected chi connectivity index (χ1v) is 7.87. The number of hydrogen-bond donors (Lipinski definition) is 1. The Morgan fingerprint density at radius 1 is 1.17 bits per heavy atom. The summed E-state index contributed by atoms with van der Waals surface area (Å²) in [6, 6.07) is 4.40. The van der Waals surface area contributed by atoms with Crippen molar-refractivity contribution in [2.45, 2.75) is 59.1 Å². The third kappa shape index (κ3) is 4.38. The van der Waals surface area contributed by atoms with Crippen molar-refractivity contribution < 1.29 is 4.74 Å². The van der Waals surface area contributed by atoms with Gasteiger partial charge in [0.05, 0.1) is 6.61 Å². The quantitative estimate of drug-likeness (QED) is 0.764. The average molecular weight is 269 g/mol. The summed E-state index contributed by atoms with van der Waals surface area (Å²) in [7, 11) is 0. The summed E-state index contributed by atoms with van der Waals surface area (Å²) >= 11 is 1.80. The second kappa shape index (κ2) is 7.93. The van der Waals surface area contributed by atoms with E-state index in [1.165, 1.54) is 22.6 Å². The number of nitrogens with two attached hydrogens (primary N) is 1. The third-order valence-electron chi connectivity index (χ3n) is 3.57. The van der Waals surface area contributed by atoms with E-state index in [9.17, 15) is 0 Å². The van der Waals surface area contributed by atoms with Gasteiger partial charge in [0, 0.05) is 15.8 Å². The second-order valence-electron chi connectivity index (χ2n) is 4.96. The molecule has 2 nitrogen and oxygen atoms in total. The molecule has 0 amide bonds. The maximum absolute atomic E-state index is 6.21. The maximum Gasteiger partial charge on any atom is 0.107 e. The molecule has 1 aromatic rings. The van der Waals surface area contributed by atoms with Crippen LogP contribution in [0, 0.1) is 12.8 Å². The Balaban J connectivity index is 2.67. The molecule has 0 radical (unpaired) electrons. The van der Waals surface area contributed by atoms with Crippen molar-refractivity contribution in [1.29, 1.82) is 0 Å². The van der Waals surface area contributed by atoms with Crippen molar-refractivity contribution in [2.24, 2.45) is 11.7 Å². The Bertz CT molecular complexity index is 333. The van der Waals surface area contributed by atoms with Gasteiger partial charge in [-0.3, -0.25) is 0 Å². The van der Waals surface area contributed by atoms with Crippen LogP contribution in [0.3, 0.4) is 0 Å². The van der Waals surface area contributed by atoms with Crippen molar-refractivity contribution in [3.05, 3.63) is 21.9 Å². The molecule has 0 bridgehead atoms. The lowest BCUT2D eigenvalue weighted by Gasteiger charge is -2.24. The topological polar surface area (TPSA) is 35.2 Å². The zero-order valence-corrected chi connectivity index (χ0v) is 12.9. The molecule has 2 N–H and O–H groups in total. The number of ether oxygens (including phenoxy) is 1. The fourth-order valence-corrected chi connectivity index (χ4v) is 3.00. The van der Waals surface area contributed by atoms with Crippen LogP contribution in [0.2, 0.25) is 0 Å². The molecule has 2 unspecified atom stereocenters. The molecule has 0 saturated heterocycles. The largest absolute Gasteiger partial charge is 0.371 e. The summed E-state index contributed by atoms with van der Waals surface area (Å²) in [5, 5.41) is 0. The van der Waals surface area contributed by atoms with E-state index in [-0.39, 0.29) is 12.1 Å². The minimum Gasteiger partial charge on any atom is -0.371 e. The number of thiophene rings is 1. The normalized spacial score (nSPS) is 15.0. The fourth-order valence-electron chi connectivity index (χ4n) is 2.00. The molecule has 1 heterocycles. The molecular formula is C15H27NOS. The van der Waals surface area contributed by atoms with E-state index in [1.54, 1.807) is 11.3 Å². The average Bonchev–Trinajstić information content (AvgIpc) is 2.80. The van der Waals surface area contributed by atoms with Gasteiger partial charge in [0.25, 0.3) is 0 Å². The van der Waals surface area contributed by atoms with Crippen LogP contribution in [-0.4, -0.2) is 12.6 Å². The van der Waals surface area contributed by atoms with Crippen LogP contribution in [-0.2, 0) is 4.74 Å². The molecule has 0 aliphatic rings. The standard InChI is InChI=1S/C15H27NOS/c1-5-12(6-2)10-17-15(13(16)7-3)14-9-8-11(4)18-14/h8-9,12-13,15H,5-7,10,16H2,1-4H3. The number of rotatable bonds is 8. The molecule has 18 heavy (non-hydrogen) atoms. The van der Waals surface area contributed by atoms with Gasteiger partial charge in [-0.25, -0.2) is 0 Å². The zero-order chi connectivity index (χ0) is 13.5. The minimum atomic E-state index is 0.0642. The smallest absolute Gasteiger partial charge is 0.107 e. The summed E-state index contributed by atoms with van der Waals surface area (Å²) in [4.78, 5) is 2.59. The third-order valence-corrected chi connectivity index (χ3v) is 4.63. The highest BCUT2D eigenvalue weighted by Crippen LogP contribution is 2.29. The van der Waals surface area contributed by atoms with Gasteiger partial charge in [-0.1, -0.05) is 33.6 Å². The van der Waals surface area contributed by atoms with Gasteiger partial charge in [0.15, 0.2) is 0 Å². The van der Waals surface area contributed by atoms with Crippen molar-refractivity contribution in [2.75, 3.05) is 6.61 Å². The molecule has 0 fully saturated rings. The van der Waals surface area contributed by atoms with E-state index in [1.807, 2.05) is 0 Å². The van der Waals surface area contributed by atoms with Crippen LogP contribution in [0.15, 0.2) is 12.1 Å². The molecule has 0 spiro atoms. The summed E-state index contributed by atoms with van der Waals surface area (Å²) < 4.78 is 6.12. The van der Waals surface area contributed by atoms with Gasteiger partial charge >= 0.3 is 0 Å². The second-order valence-corrected chi connectivity index (χ2v) is 6.28. The summed E-state index contributed by atoms with van der Waals surface area (Å²) in [5.74, 6) is 0.651. The highest BCUT2D eigenvalue weighted by atomic mass is 32.1. The van der Waals surface area contributed by atoms with E-state index >= 15 is 0 Å². The summed E-state index contributed by atoms with van der Waals surface area (Å²) in [6.07, 6.45) is 3.36. The molecule has 3 heteroatoms. The van der Waals surface area contributed by atoms with E-state index in [4.69, 9.17) is 10.5 Å². The molecule has 1 aromatic heterocycles. The molecule has 0 aliphatic carbocycles. The van der Waals surface area contributed by atoms with Gasteiger partial charge in [-0.15, -0.1) is 11.3 Å². The van der Waals surface area contributed by atoms with Crippen LogP contribution >= 0.6 is 11.3 Å². The molecule has 0 aromatic carbocycles. The highest BCUT2D eigenvalue weighted by Gasteiger charge is 2.21. The Morgan fingerprint density at radius 3 is 2.28 bits per heavy atom. The van der Waals surface area contributed by atoms with E-state index in [2.05, 4.69) is 39.8 Å². The van der Waals surface area contributed by atoms with Crippen LogP contribution in [0.1, 0.15) is 55.9 Å². The highest BCUT2D eigenvalue weighted by molar-refractivity contribution is 7.12. The molecule has 104 valence electrons. The molecule has 1 rings (SSSR count). The first-order valence-electron chi connectivity index (χ1n) is 7.05. The Morgan fingerprint density at radius 2 is 1.83 bits per heavy atom. The van der Waals surface area contributed by atoms with Gasteiger partial charge in [0.2, 0.25) is 0 Å². The van der Waals surface area contributed by atoms with Gasteiger partial charge in [-0.2, -0.15) is 0 Å². The van der Waals surface area contributed by atoms with Crippen LogP contribution in [0.5, 0.6) is 0 Å². The monoisotopic (exact) mass is 269 g/mol. The minimum absolute atomic E-state index is 0.0642. The fraction of sp³-hybridized carbons (Fsp3) is 0.733. The van der Waals surface area contributed by atoms with E-state index in [0.29, 0.717) is 5.92 Å². The van der Waals surface area contributed by atoms with Crippen molar-refractivity contribution in [3.8, 4) is 0 Å². The summed E-state index contributed by atoms with van der Waals surface area (Å²) in [6.45, 7) is 9.52. The Kier molecular flexibility index (Phi) is 6.90. The number of aryl methyl sites for hydroxylation is 1. The van der Waals surface area contributed by atoms with Gasteiger partial charge in [0.1, 0.15) is 6.10 Å².